The van der Waals surface area contributed by atoms with E-state index in [1.807, 2.05) is 6.92 Å². The summed E-state index contributed by atoms with van der Waals surface area (Å²) in [7, 11) is 0. The minimum atomic E-state index is 0.211. The quantitative estimate of drug-likeness (QED) is 0.686. The van der Waals surface area contributed by atoms with E-state index in [0.717, 1.165) is 23.8 Å². The molecule has 1 fully saturated rings. The minimum absolute atomic E-state index is 0.211. The molecule has 1 heteroatoms. The topological polar surface area (TPSA) is 20.2 Å². The Morgan fingerprint density at radius 3 is 2.50 bits per heavy atom. The van der Waals surface area contributed by atoms with Crippen LogP contribution in [0.3, 0.4) is 0 Å². The van der Waals surface area contributed by atoms with Gasteiger partial charge in [-0.2, -0.15) is 0 Å². The molecular weight excluding hydrogens is 172 g/mol. The highest BCUT2D eigenvalue weighted by atomic mass is 16.3. The Hall–Kier alpha value is -0.300. The Morgan fingerprint density at radius 2 is 2.07 bits per heavy atom. The molecule has 0 aromatic rings. The van der Waals surface area contributed by atoms with Gasteiger partial charge >= 0.3 is 0 Å². The van der Waals surface area contributed by atoms with Crippen molar-refractivity contribution in [2.75, 3.05) is 6.61 Å². The van der Waals surface area contributed by atoms with Gasteiger partial charge in [-0.15, -0.1) is 0 Å². The number of hydrogen-bond acceptors (Lipinski definition) is 1. The lowest BCUT2D eigenvalue weighted by atomic mass is 9.75. The Balaban J connectivity index is 2.55. The van der Waals surface area contributed by atoms with Crippen molar-refractivity contribution < 1.29 is 5.11 Å². The summed E-state index contributed by atoms with van der Waals surface area (Å²) in [5, 5.41) is 8.92. The molecule has 14 heavy (non-hydrogen) atoms. The van der Waals surface area contributed by atoms with Crippen molar-refractivity contribution in [2.45, 2.75) is 47.0 Å². The van der Waals surface area contributed by atoms with Gasteiger partial charge in [-0.25, -0.2) is 0 Å². The van der Waals surface area contributed by atoms with E-state index in [0.29, 0.717) is 5.41 Å². The zero-order valence-electron chi connectivity index (χ0n) is 10.0. The highest BCUT2D eigenvalue weighted by Gasteiger charge is 2.39. The van der Waals surface area contributed by atoms with Crippen LogP contribution in [0.2, 0.25) is 0 Å². The average molecular weight is 196 g/mol. The van der Waals surface area contributed by atoms with E-state index < -0.39 is 0 Å². The third kappa shape index (κ3) is 2.38. The Kier molecular flexibility index (Phi) is 3.77. The average Bonchev–Trinajstić information content (AvgIpc) is 2.39. The molecule has 1 aliphatic rings. The standard InChI is InChI=1S/C13H24O/c1-10(9-14)5-7-12-8-6-11(2)13(12,3)4/h5,11-12,14H,6-9H2,1-4H3/b10-5+. The Bertz CT molecular complexity index is 215. The Labute approximate surface area is 88.2 Å². The van der Waals surface area contributed by atoms with Crippen LogP contribution in [0.15, 0.2) is 11.6 Å². The van der Waals surface area contributed by atoms with Gasteiger partial charge < -0.3 is 5.11 Å². The van der Waals surface area contributed by atoms with Crippen LogP contribution in [0.4, 0.5) is 0 Å². The van der Waals surface area contributed by atoms with E-state index in [4.69, 9.17) is 5.11 Å². The van der Waals surface area contributed by atoms with Crippen LogP contribution >= 0.6 is 0 Å². The minimum Gasteiger partial charge on any atom is -0.392 e. The van der Waals surface area contributed by atoms with Crippen molar-refractivity contribution in [1.29, 1.82) is 0 Å². The summed E-state index contributed by atoms with van der Waals surface area (Å²) in [4.78, 5) is 0. The highest BCUT2D eigenvalue weighted by molar-refractivity contribution is 5.01. The van der Waals surface area contributed by atoms with E-state index in [2.05, 4.69) is 26.8 Å². The third-order valence-electron chi connectivity index (χ3n) is 4.27. The second kappa shape index (κ2) is 4.48. The maximum atomic E-state index is 8.92. The first-order valence-corrected chi connectivity index (χ1v) is 5.75. The van der Waals surface area contributed by atoms with Crippen LogP contribution in [-0.2, 0) is 0 Å². The third-order valence-corrected chi connectivity index (χ3v) is 4.27. The first-order valence-electron chi connectivity index (χ1n) is 5.75. The molecule has 1 nitrogen and oxygen atoms in total. The molecule has 0 saturated heterocycles. The first kappa shape index (κ1) is 11.8. The van der Waals surface area contributed by atoms with Crippen molar-refractivity contribution >= 4 is 0 Å². The van der Waals surface area contributed by atoms with Crippen LogP contribution in [0, 0.1) is 17.3 Å². The monoisotopic (exact) mass is 196 g/mol. The molecular formula is C13H24O. The van der Waals surface area contributed by atoms with Crippen LogP contribution < -0.4 is 0 Å². The fourth-order valence-corrected chi connectivity index (χ4v) is 2.43. The normalized spacial score (nSPS) is 32.2. The molecule has 2 atom stereocenters. The second-order valence-electron chi connectivity index (χ2n) is 5.44. The van der Waals surface area contributed by atoms with Gasteiger partial charge in [-0.05, 0) is 43.4 Å². The molecule has 1 aliphatic carbocycles. The van der Waals surface area contributed by atoms with Crippen LogP contribution in [0.5, 0.6) is 0 Å². The predicted octanol–water partition coefficient (Wildman–Crippen LogP) is 3.39. The van der Waals surface area contributed by atoms with Gasteiger partial charge in [-0.1, -0.05) is 32.4 Å². The molecule has 0 amide bonds. The molecule has 0 aliphatic heterocycles. The van der Waals surface area contributed by atoms with Gasteiger partial charge in [-0.3, -0.25) is 0 Å². The lowest BCUT2D eigenvalue weighted by molar-refractivity contribution is 0.199. The number of allylic oxidation sites excluding steroid dienone is 1. The number of hydrogen-bond donors (Lipinski definition) is 1. The van der Waals surface area contributed by atoms with Crippen molar-refractivity contribution in [3.05, 3.63) is 11.6 Å². The number of aliphatic hydroxyl groups is 1. The predicted molar refractivity (Wildman–Crippen MR) is 61.1 cm³/mol. The van der Waals surface area contributed by atoms with E-state index in [1.54, 1.807) is 0 Å². The van der Waals surface area contributed by atoms with Crippen LogP contribution in [-0.4, -0.2) is 11.7 Å². The van der Waals surface area contributed by atoms with E-state index in [-0.39, 0.29) is 6.61 Å². The molecule has 0 aromatic carbocycles. The van der Waals surface area contributed by atoms with Crippen molar-refractivity contribution in [3.8, 4) is 0 Å². The van der Waals surface area contributed by atoms with Crippen LogP contribution in [0.1, 0.15) is 47.0 Å². The summed E-state index contributed by atoms with van der Waals surface area (Å²) in [5.74, 6) is 1.65. The van der Waals surface area contributed by atoms with Crippen molar-refractivity contribution in [3.63, 3.8) is 0 Å². The summed E-state index contributed by atoms with van der Waals surface area (Å²) < 4.78 is 0. The Morgan fingerprint density at radius 1 is 1.43 bits per heavy atom. The molecule has 1 saturated carbocycles. The maximum Gasteiger partial charge on any atom is 0.0639 e. The SMILES string of the molecule is C/C(=C\CC1CCC(C)C1(C)C)CO. The van der Waals surface area contributed by atoms with Crippen LogP contribution in [0.25, 0.3) is 0 Å². The summed E-state index contributed by atoms with van der Waals surface area (Å²) in [5.41, 5.74) is 1.59. The first-order chi connectivity index (χ1) is 6.48. The molecule has 1 N–H and O–H groups in total. The van der Waals surface area contributed by atoms with Gasteiger partial charge in [0.05, 0.1) is 6.61 Å². The molecule has 1 rings (SSSR count). The second-order valence-corrected chi connectivity index (χ2v) is 5.44. The molecule has 0 radical (unpaired) electrons. The summed E-state index contributed by atoms with van der Waals surface area (Å²) in [6.45, 7) is 9.35. The zero-order chi connectivity index (χ0) is 10.8. The summed E-state index contributed by atoms with van der Waals surface area (Å²) >= 11 is 0. The number of rotatable bonds is 3. The maximum absolute atomic E-state index is 8.92. The zero-order valence-corrected chi connectivity index (χ0v) is 10.0. The van der Waals surface area contributed by atoms with Gasteiger partial charge in [0.15, 0.2) is 0 Å². The smallest absolute Gasteiger partial charge is 0.0639 e. The van der Waals surface area contributed by atoms with E-state index >= 15 is 0 Å². The largest absolute Gasteiger partial charge is 0.392 e. The van der Waals surface area contributed by atoms with Gasteiger partial charge in [0, 0.05) is 0 Å². The number of aliphatic hydroxyl groups excluding tert-OH is 1. The molecule has 2 unspecified atom stereocenters. The summed E-state index contributed by atoms with van der Waals surface area (Å²) in [6, 6.07) is 0. The highest BCUT2D eigenvalue weighted by Crippen LogP contribution is 2.48. The lowest BCUT2D eigenvalue weighted by Gasteiger charge is -2.30. The van der Waals surface area contributed by atoms with Crippen molar-refractivity contribution in [2.24, 2.45) is 17.3 Å². The molecule has 82 valence electrons. The van der Waals surface area contributed by atoms with E-state index in [9.17, 15) is 0 Å². The summed E-state index contributed by atoms with van der Waals surface area (Å²) in [6.07, 6.45) is 6.07. The fraction of sp³-hybridized carbons (Fsp3) is 0.846. The van der Waals surface area contributed by atoms with Gasteiger partial charge in [0.2, 0.25) is 0 Å². The van der Waals surface area contributed by atoms with Gasteiger partial charge in [0.25, 0.3) is 0 Å². The van der Waals surface area contributed by atoms with Crippen molar-refractivity contribution in [1.82, 2.24) is 0 Å². The molecule has 0 bridgehead atoms. The van der Waals surface area contributed by atoms with Gasteiger partial charge in [0.1, 0.15) is 0 Å². The lowest BCUT2D eigenvalue weighted by Crippen LogP contribution is -2.22. The molecule has 0 spiro atoms. The fourth-order valence-electron chi connectivity index (χ4n) is 2.43. The van der Waals surface area contributed by atoms with E-state index in [1.165, 1.54) is 12.8 Å². The molecule has 0 aromatic heterocycles. The molecule has 0 heterocycles.